The van der Waals surface area contributed by atoms with Crippen LogP contribution in [0.1, 0.15) is 0 Å². The molecule has 6 heteroatoms. The standard InChI is InChI=1S/H6N3O2P/c1-6(2,5)3-4/h4H,(H5,1,2,3,5). The number of nitrogens with two attached hydrogens (primary N) is 2. The largest absolute Gasteiger partial charge is 0.308 e. The quantitative estimate of drug-likeness (QED) is 0.256. The summed E-state index contributed by atoms with van der Waals surface area (Å²) in [6, 6.07) is 0. The van der Waals surface area contributed by atoms with Crippen LogP contribution in [-0.4, -0.2) is 5.21 Å². The van der Waals surface area contributed by atoms with Crippen LogP contribution in [0.15, 0.2) is 0 Å². The van der Waals surface area contributed by atoms with Gasteiger partial charge in [0.1, 0.15) is 0 Å². The molecular formula is H6N3O2P. The Hall–Kier alpha value is 0.0700. The highest BCUT2D eigenvalue weighted by Crippen LogP contribution is 2.13. The van der Waals surface area contributed by atoms with Gasteiger partial charge < -0.3 is 5.21 Å². The minimum absolute atomic E-state index is 1.22. The predicted octanol–water partition coefficient (Wildman–Crippen LogP) is -1.01. The monoisotopic (exact) mass is 111 g/mol. The summed E-state index contributed by atoms with van der Waals surface area (Å²) in [5.41, 5.74) is 9.01. The topological polar surface area (TPSA) is 101 Å². The molecule has 0 aliphatic rings. The van der Waals surface area contributed by atoms with Crippen molar-refractivity contribution in [2.45, 2.75) is 0 Å². The Labute approximate surface area is 34.8 Å². The fourth-order valence-corrected chi connectivity index (χ4v) is 0. The summed E-state index contributed by atoms with van der Waals surface area (Å²) in [6.07, 6.45) is 0. The Morgan fingerprint density at radius 2 is 1.83 bits per heavy atom. The fourth-order valence-electron chi connectivity index (χ4n) is 0. The minimum Gasteiger partial charge on any atom is -0.308 e. The second kappa shape index (κ2) is 1.68. The molecule has 0 saturated carbocycles. The van der Waals surface area contributed by atoms with Gasteiger partial charge in [0, 0.05) is 0 Å². The lowest BCUT2D eigenvalue weighted by atomic mass is 13.5. The third-order valence-electron chi connectivity index (χ3n) is 0.156. The maximum atomic E-state index is 9.78. The molecule has 38 valence electrons. The maximum Gasteiger partial charge on any atom is 0.296 e. The highest BCUT2D eigenvalue weighted by molar-refractivity contribution is 7.56. The lowest BCUT2D eigenvalue weighted by Crippen LogP contribution is -2.18. The summed E-state index contributed by atoms with van der Waals surface area (Å²) in [5.74, 6) is 0. The molecule has 0 aliphatic heterocycles. The van der Waals surface area contributed by atoms with Crippen molar-refractivity contribution in [3.63, 3.8) is 0 Å². The molecule has 0 aromatic rings. The Morgan fingerprint density at radius 3 is 1.83 bits per heavy atom. The zero-order chi connectivity index (χ0) is 5.21. The number of hydrogen-bond donors (Lipinski definition) is 4. The Bertz CT molecular complexity index is 72.9. The molecule has 0 aliphatic carbocycles. The molecule has 0 saturated heterocycles. The van der Waals surface area contributed by atoms with Gasteiger partial charge in [0.25, 0.3) is 7.59 Å². The molecule has 0 aromatic carbocycles. The van der Waals surface area contributed by atoms with Crippen molar-refractivity contribution in [2.24, 2.45) is 11.0 Å². The minimum atomic E-state index is -3.34. The van der Waals surface area contributed by atoms with Gasteiger partial charge in [-0.2, -0.15) is 0 Å². The molecule has 0 bridgehead atoms. The first-order valence-electron chi connectivity index (χ1n) is 1.15. The average molecular weight is 111 g/mol. The molecule has 5 nitrogen and oxygen atoms in total. The number of rotatable bonds is 1. The van der Waals surface area contributed by atoms with E-state index in [1.807, 2.05) is 0 Å². The summed E-state index contributed by atoms with van der Waals surface area (Å²) in [6.45, 7) is 0. The fraction of sp³-hybridized carbons (Fsp3) is 0. The lowest BCUT2D eigenvalue weighted by Gasteiger charge is -1.97. The smallest absolute Gasteiger partial charge is 0.296 e. The van der Waals surface area contributed by atoms with Gasteiger partial charge in [-0.1, -0.05) is 0 Å². The van der Waals surface area contributed by atoms with E-state index in [4.69, 9.17) is 5.21 Å². The van der Waals surface area contributed by atoms with Crippen LogP contribution in [0.2, 0.25) is 0 Å². The molecule has 0 spiro atoms. The summed E-state index contributed by atoms with van der Waals surface area (Å²) in [5, 5.41) is 8.85. The van der Waals surface area contributed by atoms with Gasteiger partial charge >= 0.3 is 0 Å². The van der Waals surface area contributed by atoms with E-state index < -0.39 is 7.59 Å². The van der Waals surface area contributed by atoms with Crippen LogP contribution in [-0.2, 0) is 4.57 Å². The van der Waals surface area contributed by atoms with Gasteiger partial charge in [0.15, 0.2) is 0 Å². The van der Waals surface area contributed by atoms with Gasteiger partial charge in [0.05, 0.1) is 0 Å². The van der Waals surface area contributed by atoms with Crippen molar-refractivity contribution in [1.29, 1.82) is 0 Å². The summed E-state index contributed by atoms with van der Waals surface area (Å²) in [7, 11) is -3.34. The molecule has 0 aromatic heterocycles. The summed E-state index contributed by atoms with van der Waals surface area (Å²) >= 11 is 0. The van der Waals surface area contributed by atoms with Crippen molar-refractivity contribution in [1.82, 2.24) is 5.25 Å². The first-order valence-corrected chi connectivity index (χ1v) is 2.99. The highest BCUT2D eigenvalue weighted by Gasteiger charge is 2.00. The van der Waals surface area contributed by atoms with E-state index in [0.717, 1.165) is 0 Å². The number of nitrogens with one attached hydrogen (secondary N) is 1. The van der Waals surface area contributed by atoms with E-state index in [9.17, 15) is 4.57 Å². The van der Waals surface area contributed by atoms with E-state index in [0.29, 0.717) is 0 Å². The van der Waals surface area contributed by atoms with E-state index in [-0.39, 0.29) is 0 Å². The Morgan fingerprint density at radius 1 is 1.67 bits per heavy atom. The first-order chi connectivity index (χ1) is 2.56. The average Bonchev–Trinajstić information content (AvgIpc) is 1.35. The molecular weight excluding hydrogens is 105 g/mol. The van der Waals surface area contributed by atoms with Crippen LogP contribution in [0.4, 0.5) is 0 Å². The number of hydrogen-bond acceptors (Lipinski definition) is 2. The van der Waals surface area contributed by atoms with Gasteiger partial charge in [-0.3, -0.25) is 15.6 Å². The zero-order valence-corrected chi connectivity index (χ0v) is 3.85. The van der Waals surface area contributed by atoms with Crippen LogP contribution >= 0.6 is 7.59 Å². The third-order valence-corrected chi connectivity index (χ3v) is 0.469. The van der Waals surface area contributed by atoms with E-state index in [1.54, 1.807) is 0 Å². The van der Waals surface area contributed by atoms with Gasteiger partial charge in [0.2, 0.25) is 0 Å². The normalized spacial score (nSPS) is 11.8. The zero-order valence-electron chi connectivity index (χ0n) is 2.96. The van der Waals surface area contributed by atoms with E-state index in [1.165, 1.54) is 5.25 Å². The predicted molar refractivity (Wildman–Crippen MR) is 20.9 cm³/mol. The molecule has 0 heterocycles. The Kier molecular flexibility index (Phi) is 1.70. The van der Waals surface area contributed by atoms with Crippen LogP contribution in [0, 0.1) is 0 Å². The van der Waals surface area contributed by atoms with Crippen molar-refractivity contribution >= 4 is 7.59 Å². The first kappa shape index (κ1) is 6.07. The van der Waals surface area contributed by atoms with Crippen LogP contribution in [0.3, 0.4) is 0 Å². The van der Waals surface area contributed by atoms with Crippen molar-refractivity contribution in [3.8, 4) is 0 Å². The highest BCUT2D eigenvalue weighted by atomic mass is 31.2. The van der Waals surface area contributed by atoms with Crippen LogP contribution < -0.4 is 16.3 Å². The second-order valence-electron chi connectivity index (χ2n) is 0.809. The molecule has 6 heavy (non-hydrogen) atoms. The SMILES string of the molecule is NP(N)(=O)NO. The third kappa shape index (κ3) is 4.07. The molecule has 0 amide bonds. The van der Waals surface area contributed by atoms with E-state index in [2.05, 4.69) is 11.0 Å². The lowest BCUT2D eigenvalue weighted by molar-refractivity contribution is 0.240. The molecule has 0 atom stereocenters. The van der Waals surface area contributed by atoms with Crippen LogP contribution in [0.25, 0.3) is 0 Å². The maximum absolute atomic E-state index is 9.78. The molecule has 0 unspecified atom stereocenters. The van der Waals surface area contributed by atoms with Gasteiger partial charge in [-0.15, -0.1) is 5.25 Å². The Balaban J connectivity index is 3.48. The molecule has 0 radical (unpaired) electrons. The van der Waals surface area contributed by atoms with Crippen LogP contribution in [0.5, 0.6) is 0 Å². The van der Waals surface area contributed by atoms with Crippen molar-refractivity contribution in [2.75, 3.05) is 0 Å². The second-order valence-corrected chi connectivity index (χ2v) is 2.43. The molecule has 6 N–H and O–H groups in total. The van der Waals surface area contributed by atoms with Gasteiger partial charge in [-0.25, -0.2) is 0 Å². The summed E-state index contributed by atoms with van der Waals surface area (Å²) < 4.78 is 9.78. The van der Waals surface area contributed by atoms with E-state index >= 15 is 0 Å². The van der Waals surface area contributed by atoms with Gasteiger partial charge in [-0.05, 0) is 0 Å². The summed E-state index contributed by atoms with van der Waals surface area (Å²) in [4.78, 5) is 0. The molecule has 0 fully saturated rings. The van der Waals surface area contributed by atoms with Crippen molar-refractivity contribution in [3.05, 3.63) is 0 Å². The van der Waals surface area contributed by atoms with Crippen molar-refractivity contribution < 1.29 is 9.77 Å². The molecule has 0 rings (SSSR count).